The lowest BCUT2D eigenvalue weighted by molar-refractivity contribution is -0.127. The van der Waals surface area contributed by atoms with Gasteiger partial charge in [0, 0.05) is 0 Å². The van der Waals surface area contributed by atoms with Gasteiger partial charge in [0.1, 0.15) is 17.3 Å². The van der Waals surface area contributed by atoms with Crippen LogP contribution in [-0.2, 0) is 16.1 Å². The number of carbonyl (C=O) groups excluding carboxylic acids is 2. The lowest BCUT2D eigenvalue weighted by Crippen LogP contribution is -2.46. The molecular formula is C23H21FN2O5S. The van der Waals surface area contributed by atoms with Crippen LogP contribution in [0.3, 0.4) is 0 Å². The Morgan fingerprint density at radius 2 is 1.91 bits per heavy atom. The van der Waals surface area contributed by atoms with E-state index in [1.807, 2.05) is 6.07 Å². The first-order valence-corrected chi connectivity index (χ1v) is 10.9. The highest BCUT2D eigenvalue weighted by molar-refractivity contribution is 7.17. The lowest BCUT2D eigenvalue weighted by Gasteiger charge is -2.29. The van der Waals surface area contributed by atoms with Crippen molar-refractivity contribution in [1.29, 1.82) is 0 Å². The SMILES string of the molecule is CCOC(=O)c1sc(N(Cc2ccc(F)cc2)C(=O)C2COc3ccccc3O2)nc1C. The number of anilines is 1. The molecule has 1 atom stereocenters. The van der Waals surface area contributed by atoms with Crippen molar-refractivity contribution in [2.75, 3.05) is 18.1 Å². The maximum Gasteiger partial charge on any atom is 0.350 e. The number of fused-ring (bicyclic) bond motifs is 1. The molecule has 0 bridgehead atoms. The molecule has 166 valence electrons. The summed E-state index contributed by atoms with van der Waals surface area (Å²) >= 11 is 1.06. The number of ether oxygens (including phenoxy) is 3. The normalized spacial score (nSPS) is 14.7. The van der Waals surface area contributed by atoms with Crippen molar-refractivity contribution in [3.8, 4) is 11.5 Å². The van der Waals surface area contributed by atoms with Gasteiger partial charge in [-0.25, -0.2) is 14.2 Å². The summed E-state index contributed by atoms with van der Waals surface area (Å²) in [6, 6.07) is 12.9. The highest BCUT2D eigenvalue weighted by Crippen LogP contribution is 2.33. The quantitative estimate of drug-likeness (QED) is 0.519. The smallest absolute Gasteiger partial charge is 0.350 e. The van der Waals surface area contributed by atoms with E-state index in [4.69, 9.17) is 14.2 Å². The van der Waals surface area contributed by atoms with E-state index in [1.165, 1.54) is 17.0 Å². The molecule has 0 saturated carbocycles. The summed E-state index contributed by atoms with van der Waals surface area (Å²) in [6.07, 6.45) is -0.902. The molecule has 7 nitrogen and oxygen atoms in total. The van der Waals surface area contributed by atoms with E-state index in [2.05, 4.69) is 4.98 Å². The van der Waals surface area contributed by atoms with Crippen LogP contribution < -0.4 is 14.4 Å². The molecular weight excluding hydrogens is 435 g/mol. The molecule has 1 amide bonds. The highest BCUT2D eigenvalue weighted by atomic mass is 32.1. The molecule has 0 N–H and O–H groups in total. The number of amides is 1. The van der Waals surface area contributed by atoms with Crippen molar-refractivity contribution in [3.05, 3.63) is 70.5 Å². The Morgan fingerprint density at radius 1 is 1.19 bits per heavy atom. The number of hydrogen-bond donors (Lipinski definition) is 0. The van der Waals surface area contributed by atoms with Crippen LogP contribution in [0.25, 0.3) is 0 Å². The number of hydrogen-bond acceptors (Lipinski definition) is 7. The number of rotatable bonds is 6. The van der Waals surface area contributed by atoms with Crippen LogP contribution in [0.4, 0.5) is 9.52 Å². The zero-order valence-electron chi connectivity index (χ0n) is 17.5. The molecule has 0 saturated heterocycles. The van der Waals surface area contributed by atoms with Gasteiger partial charge in [-0.3, -0.25) is 9.69 Å². The van der Waals surface area contributed by atoms with Crippen LogP contribution in [0.5, 0.6) is 11.5 Å². The molecule has 1 aliphatic rings. The third-order valence-electron chi connectivity index (χ3n) is 4.78. The monoisotopic (exact) mass is 456 g/mol. The molecule has 9 heteroatoms. The summed E-state index contributed by atoms with van der Waals surface area (Å²) in [4.78, 5) is 31.9. The Morgan fingerprint density at radius 3 is 2.62 bits per heavy atom. The fourth-order valence-electron chi connectivity index (χ4n) is 3.21. The largest absolute Gasteiger partial charge is 0.485 e. The van der Waals surface area contributed by atoms with Crippen molar-refractivity contribution in [2.45, 2.75) is 26.5 Å². The van der Waals surface area contributed by atoms with E-state index in [1.54, 1.807) is 44.2 Å². The van der Waals surface area contributed by atoms with E-state index >= 15 is 0 Å². The van der Waals surface area contributed by atoms with Crippen LogP contribution in [0, 0.1) is 12.7 Å². The van der Waals surface area contributed by atoms with E-state index in [0.717, 1.165) is 11.3 Å². The number of para-hydroxylation sites is 2. The molecule has 2 aromatic carbocycles. The van der Waals surface area contributed by atoms with Gasteiger partial charge in [0.05, 0.1) is 18.8 Å². The number of halogens is 1. The Labute approximate surface area is 188 Å². The van der Waals surface area contributed by atoms with Crippen LogP contribution >= 0.6 is 11.3 Å². The minimum absolute atomic E-state index is 0.0326. The molecule has 0 spiro atoms. The summed E-state index contributed by atoms with van der Waals surface area (Å²) in [5.74, 6) is -0.207. The van der Waals surface area contributed by atoms with E-state index in [0.29, 0.717) is 32.8 Å². The third kappa shape index (κ3) is 4.57. The summed E-state index contributed by atoms with van der Waals surface area (Å²) in [7, 11) is 0. The number of aromatic nitrogens is 1. The van der Waals surface area contributed by atoms with Gasteiger partial charge >= 0.3 is 5.97 Å². The Bertz CT molecular complexity index is 1130. The van der Waals surface area contributed by atoms with Crippen LogP contribution in [-0.4, -0.2) is 36.2 Å². The second kappa shape index (κ2) is 9.35. The summed E-state index contributed by atoms with van der Waals surface area (Å²) in [5, 5.41) is 0.322. The van der Waals surface area contributed by atoms with Crippen LogP contribution in [0.2, 0.25) is 0 Å². The average Bonchev–Trinajstić information content (AvgIpc) is 3.19. The lowest BCUT2D eigenvalue weighted by atomic mass is 10.2. The standard InChI is InChI=1S/C23H21FN2O5S/c1-3-29-22(28)20-14(2)25-23(32-20)26(12-15-8-10-16(24)11-9-15)21(27)19-13-30-17-6-4-5-7-18(17)31-19/h4-11,19H,3,12-13H2,1-2H3. The fourth-order valence-corrected chi connectivity index (χ4v) is 4.18. The molecule has 4 rings (SSSR count). The van der Waals surface area contributed by atoms with E-state index in [9.17, 15) is 14.0 Å². The minimum Gasteiger partial charge on any atom is -0.485 e. The minimum atomic E-state index is -0.902. The number of esters is 1. The van der Waals surface area contributed by atoms with Crippen molar-refractivity contribution in [3.63, 3.8) is 0 Å². The summed E-state index contributed by atoms with van der Waals surface area (Å²) in [5.41, 5.74) is 1.16. The van der Waals surface area contributed by atoms with Gasteiger partial charge in [-0.2, -0.15) is 0 Å². The van der Waals surface area contributed by atoms with Gasteiger partial charge in [-0.05, 0) is 43.7 Å². The first-order chi connectivity index (χ1) is 15.5. The Balaban J connectivity index is 1.65. The van der Waals surface area contributed by atoms with Crippen molar-refractivity contribution in [2.24, 2.45) is 0 Å². The van der Waals surface area contributed by atoms with Gasteiger partial charge in [-0.15, -0.1) is 0 Å². The number of carbonyl (C=O) groups is 2. The number of benzene rings is 2. The molecule has 1 unspecified atom stereocenters. The van der Waals surface area contributed by atoms with E-state index < -0.39 is 12.1 Å². The number of aryl methyl sites for hydroxylation is 1. The molecule has 3 aromatic rings. The topological polar surface area (TPSA) is 78.0 Å². The van der Waals surface area contributed by atoms with Gasteiger partial charge in [0.2, 0.25) is 6.10 Å². The zero-order chi connectivity index (χ0) is 22.7. The van der Waals surface area contributed by atoms with Gasteiger partial charge < -0.3 is 14.2 Å². The van der Waals surface area contributed by atoms with Gasteiger partial charge in [0.25, 0.3) is 5.91 Å². The molecule has 0 radical (unpaired) electrons. The van der Waals surface area contributed by atoms with Crippen molar-refractivity contribution in [1.82, 2.24) is 4.98 Å². The Kier molecular flexibility index (Phi) is 6.36. The maximum absolute atomic E-state index is 13.5. The predicted molar refractivity (Wildman–Crippen MR) is 117 cm³/mol. The second-order valence-corrected chi connectivity index (χ2v) is 8.02. The van der Waals surface area contributed by atoms with Gasteiger partial charge in [0.15, 0.2) is 16.6 Å². The number of nitrogens with zero attached hydrogens (tertiary/aromatic N) is 2. The number of thiazole rings is 1. The molecule has 1 aromatic heterocycles. The average molecular weight is 456 g/mol. The molecule has 0 fully saturated rings. The molecule has 32 heavy (non-hydrogen) atoms. The van der Waals surface area contributed by atoms with Crippen LogP contribution in [0.15, 0.2) is 48.5 Å². The maximum atomic E-state index is 13.5. The predicted octanol–water partition coefficient (Wildman–Crippen LogP) is 4.14. The first kappa shape index (κ1) is 21.8. The zero-order valence-corrected chi connectivity index (χ0v) is 18.4. The van der Waals surface area contributed by atoms with Crippen molar-refractivity contribution < 1.29 is 28.2 Å². The van der Waals surface area contributed by atoms with Gasteiger partial charge in [-0.1, -0.05) is 35.6 Å². The fraction of sp³-hybridized carbons (Fsp3) is 0.261. The molecule has 1 aliphatic heterocycles. The summed E-state index contributed by atoms with van der Waals surface area (Å²) < 4.78 is 30.0. The molecule has 2 heterocycles. The summed E-state index contributed by atoms with van der Waals surface area (Å²) in [6.45, 7) is 3.79. The second-order valence-electron chi connectivity index (χ2n) is 7.05. The van der Waals surface area contributed by atoms with E-state index in [-0.39, 0.29) is 31.5 Å². The van der Waals surface area contributed by atoms with Crippen LogP contribution in [0.1, 0.15) is 27.9 Å². The highest BCUT2D eigenvalue weighted by Gasteiger charge is 2.34. The molecule has 0 aliphatic carbocycles. The first-order valence-electron chi connectivity index (χ1n) is 10.0. The third-order valence-corrected chi connectivity index (χ3v) is 5.94. The van der Waals surface area contributed by atoms with Crippen molar-refractivity contribution >= 4 is 28.3 Å². The Hall–Kier alpha value is -3.46.